The van der Waals surface area contributed by atoms with Crippen LogP contribution in [0.1, 0.15) is 2.74 Å². The second-order valence-corrected chi connectivity index (χ2v) is 2.88. The summed E-state index contributed by atoms with van der Waals surface area (Å²) in [6.45, 7) is 0. The van der Waals surface area contributed by atoms with Crippen molar-refractivity contribution in [2.24, 2.45) is 0 Å². The van der Waals surface area contributed by atoms with E-state index >= 15 is 0 Å². The molecular weight excluding hydrogens is 218 g/mol. The normalized spacial score (nSPS) is 12.4. The van der Waals surface area contributed by atoms with Gasteiger partial charge in [0, 0.05) is 12.4 Å². The van der Waals surface area contributed by atoms with E-state index < -0.39 is 0 Å². The number of aromatic nitrogens is 3. The van der Waals surface area contributed by atoms with Crippen molar-refractivity contribution in [3.8, 4) is 5.82 Å². The Bertz CT molecular complexity index is 455. The average Bonchev–Trinajstić information content (AvgIpc) is 2.47. The standard InChI is InChI=1S/C8H6BrN3/c9-7-4-6-12(11-7)8-3-1-2-5-10-8/h1-6H/i4D,6D. The fourth-order valence-electron chi connectivity index (χ4n) is 0.824. The second kappa shape index (κ2) is 3.06. The molecule has 12 heavy (non-hydrogen) atoms. The van der Waals surface area contributed by atoms with Crippen molar-refractivity contribution in [3.63, 3.8) is 0 Å². The number of rotatable bonds is 1. The molecule has 2 rings (SSSR count). The summed E-state index contributed by atoms with van der Waals surface area (Å²) in [5, 5.41) is 3.98. The molecule has 0 saturated carbocycles. The zero-order valence-corrected chi connectivity index (χ0v) is 7.62. The average molecular weight is 226 g/mol. The van der Waals surface area contributed by atoms with Gasteiger partial charge in [0.15, 0.2) is 5.82 Å². The smallest absolute Gasteiger partial charge is 0.153 e. The van der Waals surface area contributed by atoms with Gasteiger partial charge in [0.1, 0.15) is 4.60 Å². The number of halogens is 1. The van der Waals surface area contributed by atoms with Crippen molar-refractivity contribution in [1.82, 2.24) is 14.8 Å². The van der Waals surface area contributed by atoms with Gasteiger partial charge in [0.05, 0.1) is 2.74 Å². The van der Waals surface area contributed by atoms with Crippen molar-refractivity contribution in [1.29, 1.82) is 0 Å². The first-order chi connectivity index (χ1) is 6.70. The van der Waals surface area contributed by atoms with Crippen LogP contribution >= 0.6 is 15.9 Å². The number of hydrogen-bond acceptors (Lipinski definition) is 2. The Morgan fingerprint density at radius 3 is 3.00 bits per heavy atom. The Morgan fingerprint density at radius 2 is 2.42 bits per heavy atom. The molecule has 2 aromatic rings. The third kappa shape index (κ3) is 1.38. The van der Waals surface area contributed by atoms with Crippen LogP contribution in [0.3, 0.4) is 0 Å². The quantitative estimate of drug-likeness (QED) is 0.744. The van der Waals surface area contributed by atoms with Gasteiger partial charge in [0.2, 0.25) is 0 Å². The molecule has 0 atom stereocenters. The maximum Gasteiger partial charge on any atom is 0.153 e. The van der Waals surface area contributed by atoms with Crippen molar-refractivity contribution in [2.75, 3.05) is 0 Å². The van der Waals surface area contributed by atoms with E-state index in [1.165, 1.54) is 4.68 Å². The number of nitrogens with zero attached hydrogens (tertiary/aromatic N) is 3. The first-order valence-electron chi connectivity index (χ1n) is 4.33. The van der Waals surface area contributed by atoms with Gasteiger partial charge in [-0.25, -0.2) is 9.67 Å². The summed E-state index contributed by atoms with van der Waals surface area (Å²) < 4.78 is 16.7. The molecular formula is C8H6BrN3. The molecule has 0 amide bonds. The molecule has 0 unspecified atom stereocenters. The third-order valence-corrected chi connectivity index (χ3v) is 1.68. The Labute approximate surface area is 81.0 Å². The summed E-state index contributed by atoms with van der Waals surface area (Å²) in [6, 6.07) is 5.39. The molecule has 0 spiro atoms. The van der Waals surface area contributed by atoms with Gasteiger partial charge < -0.3 is 0 Å². The van der Waals surface area contributed by atoms with Gasteiger partial charge in [0.25, 0.3) is 0 Å². The molecule has 2 heterocycles. The highest BCUT2D eigenvalue weighted by Crippen LogP contribution is 2.07. The fourth-order valence-corrected chi connectivity index (χ4v) is 1.07. The Morgan fingerprint density at radius 1 is 1.50 bits per heavy atom. The lowest BCUT2D eigenvalue weighted by atomic mass is 10.5. The maximum absolute atomic E-state index is 7.60. The highest BCUT2D eigenvalue weighted by molar-refractivity contribution is 9.10. The lowest BCUT2D eigenvalue weighted by Crippen LogP contribution is -1.96. The lowest BCUT2D eigenvalue weighted by molar-refractivity contribution is 0.838. The lowest BCUT2D eigenvalue weighted by Gasteiger charge is -1.96. The molecule has 0 aliphatic rings. The zero-order valence-electron chi connectivity index (χ0n) is 8.03. The van der Waals surface area contributed by atoms with Gasteiger partial charge in [-0.1, -0.05) is 6.07 Å². The predicted molar refractivity (Wildman–Crippen MR) is 49.1 cm³/mol. The molecule has 0 bridgehead atoms. The van der Waals surface area contributed by atoms with Crippen molar-refractivity contribution >= 4 is 15.9 Å². The Balaban J connectivity index is 2.58. The molecule has 0 aliphatic carbocycles. The summed E-state index contributed by atoms with van der Waals surface area (Å²) in [5.41, 5.74) is 0. The zero-order chi connectivity index (χ0) is 10.1. The minimum absolute atomic E-state index is 0.0237. The van der Waals surface area contributed by atoms with E-state index in [1.54, 1.807) is 24.4 Å². The predicted octanol–water partition coefficient (Wildman–Crippen LogP) is 2.03. The van der Waals surface area contributed by atoms with Crippen LogP contribution in [0.4, 0.5) is 0 Å². The topological polar surface area (TPSA) is 30.7 Å². The molecule has 0 fully saturated rings. The fraction of sp³-hybridized carbons (Fsp3) is 0. The largest absolute Gasteiger partial charge is 0.237 e. The van der Waals surface area contributed by atoms with Crippen LogP contribution in [-0.2, 0) is 0 Å². The molecule has 0 aromatic carbocycles. The van der Waals surface area contributed by atoms with Crippen molar-refractivity contribution < 1.29 is 2.74 Å². The van der Waals surface area contributed by atoms with Crippen LogP contribution in [0.5, 0.6) is 0 Å². The molecule has 60 valence electrons. The molecule has 0 aliphatic heterocycles. The molecule has 0 radical (unpaired) electrons. The van der Waals surface area contributed by atoms with Gasteiger partial charge >= 0.3 is 0 Å². The Hall–Kier alpha value is -1.16. The monoisotopic (exact) mass is 225 g/mol. The molecule has 0 saturated heterocycles. The first kappa shape index (κ1) is 5.48. The van der Waals surface area contributed by atoms with E-state index in [9.17, 15) is 0 Å². The minimum atomic E-state index is 0.0237. The summed E-state index contributed by atoms with van der Waals surface area (Å²) in [4.78, 5) is 4.04. The third-order valence-electron chi connectivity index (χ3n) is 1.32. The summed E-state index contributed by atoms with van der Waals surface area (Å²) in [7, 11) is 0. The number of hydrogen-bond donors (Lipinski definition) is 0. The van der Waals surface area contributed by atoms with Crippen molar-refractivity contribution in [2.45, 2.75) is 0 Å². The molecule has 2 aromatic heterocycles. The van der Waals surface area contributed by atoms with Gasteiger partial charge in [-0.2, -0.15) is 5.10 Å². The van der Waals surface area contributed by atoms with Crippen LogP contribution in [0.2, 0.25) is 0 Å². The van der Waals surface area contributed by atoms with E-state index in [0.29, 0.717) is 10.4 Å². The maximum atomic E-state index is 7.60. The Kier molecular flexibility index (Phi) is 1.40. The van der Waals surface area contributed by atoms with Crippen LogP contribution in [0.15, 0.2) is 41.2 Å². The molecule has 4 heteroatoms. The molecule has 3 nitrogen and oxygen atoms in total. The van der Waals surface area contributed by atoms with Crippen molar-refractivity contribution in [3.05, 3.63) is 41.2 Å². The van der Waals surface area contributed by atoms with Crippen LogP contribution < -0.4 is 0 Å². The van der Waals surface area contributed by atoms with Crippen LogP contribution in [0.25, 0.3) is 5.82 Å². The van der Waals surface area contributed by atoms with E-state index in [-0.39, 0.29) is 12.2 Å². The van der Waals surface area contributed by atoms with Gasteiger partial charge in [-0.05, 0) is 34.1 Å². The van der Waals surface area contributed by atoms with E-state index in [1.807, 2.05) is 0 Å². The van der Waals surface area contributed by atoms with Crippen LogP contribution in [0, 0.1) is 0 Å². The van der Waals surface area contributed by atoms with E-state index in [2.05, 4.69) is 26.0 Å². The SMILES string of the molecule is [2H]c1c(Br)nn(-c2ccccn2)c1[2H]. The summed E-state index contributed by atoms with van der Waals surface area (Å²) in [5.74, 6) is 0.539. The molecule has 0 N–H and O–H groups in total. The van der Waals surface area contributed by atoms with Gasteiger partial charge in [-0.3, -0.25) is 0 Å². The summed E-state index contributed by atoms with van der Waals surface area (Å²) >= 11 is 3.10. The number of pyridine rings is 1. The summed E-state index contributed by atoms with van der Waals surface area (Å²) in [6.07, 6.45) is 1.64. The van der Waals surface area contributed by atoms with E-state index in [4.69, 9.17) is 2.74 Å². The highest BCUT2D eigenvalue weighted by Gasteiger charge is 1.97. The first-order valence-corrected chi connectivity index (χ1v) is 4.12. The highest BCUT2D eigenvalue weighted by atomic mass is 79.9. The second-order valence-electron chi connectivity index (χ2n) is 2.13. The van der Waals surface area contributed by atoms with Crippen LogP contribution in [-0.4, -0.2) is 14.8 Å². The minimum Gasteiger partial charge on any atom is -0.237 e. The van der Waals surface area contributed by atoms with Gasteiger partial charge in [-0.15, -0.1) is 0 Å². The van der Waals surface area contributed by atoms with E-state index in [0.717, 1.165) is 0 Å².